The van der Waals surface area contributed by atoms with Gasteiger partial charge in [0.05, 0.1) is 0 Å². The van der Waals surface area contributed by atoms with Crippen LogP contribution in [0.5, 0.6) is 0 Å². The van der Waals surface area contributed by atoms with Gasteiger partial charge in [-0.3, -0.25) is 4.79 Å². The summed E-state index contributed by atoms with van der Waals surface area (Å²) in [4.78, 5) is 28.0. The molecule has 0 saturated carbocycles. The molecule has 0 bridgehead atoms. The van der Waals surface area contributed by atoms with Crippen LogP contribution in [0, 0.1) is 0 Å². The fourth-order valence-corrected chi connectivity index (χ4v) is 1.09. The number of rotatable bonds is 6. The molecule has 1 unspecified atom stereocenters. The standard InChI is InChI=1S/C8H9N4O3/c9-12-11-4-2-1-3-6(13)7-8(14)10-5-15-7/h7H,1-4H2/q-1. The Hall–Kier alpha value is -1.88. The van der Waals surface area contributed by atoms with Gasteiger partial charge in [-0.1, -0.05) is 5.11 Å². The summed E-state index contributed by atoms with van der Waals surface area (Å²) in [5.41, 5.74) is 7.99. The third-order valence-electron chi connectivity index (χ3n) is 1.84. The molecule has 0 spiro atoms. The van der Waals surface area contributed by atoms with Crippen molar-refractivity contribution in [1.29, 1.82) is 0 Å². The summed E-state index contributed by atoms with van der Waals surface area (Å²) in [6, 6.07) is 0. The molecule has 80 valence electrons. The van der Waals surface area contributed by atoms with Gasteiger partial charge >= 0.3 is 0 Å². The van der Waals surface area contributed by atoms with E-state index in [4.69, 9.17) is 5.53 Å². The van der Waals surface area contributed by atoms with Crippen LogP contribution in [-0.2, 0) is 14.3 Å². The second-order valence-electron chi connectivity index (χ2n) is 2.92. The molecule has 1 amide bonds. The highest BCUT2D eigenvalue weighted by Gasteiger charge is 2.21. The molecule has 1 aliphatic rings. The molecule has 0 aliphatic carbocycles. The zero-order chi connectivity index (χ0) is 11.1. The summed E-state index contributed by atoms with van der Waals surface area (Å²) >= 11 is 0. The number of nitrogens with zero attached hydrogens (tertiary/aromatic N) is 4. The predicted octanol–water partition coefficient (Wildman–Crippen LogP) is 0.867. The van der Waals surface area contributed by atoms with Crippen molar-refractivity contribution < 1.29 is 14.3 Å². The number of carbonyl (C=O) groups excluding carboxylic acids is 2. The quantitative estimate of drug-likeness (QED) is 0.162. The average Bonchev–Trinajstić information content (AvgIpc) is 2.64. The maximum Gasteiger partial charge on any atom is 0.162 e. The molecule has 1 rings (SSSR count). The molecule has 1 heterocycles. The van der Waals surface area contributed by atoms with Gasteiger partial charge in [0.2, 0.25) is 0 Å². The number of amides is 1. The second kappa shape index (κ2) is 5.77. The highest BCUT2D eigenvalue weighted by atomic mass is 16.5. The van der Waals surface area contributed by atoms with E-state index in [1.54, 1.807) is 0 Å². The van der Waals surface area contributed by atoms with E-state index in [2.05, 4.69) is 19.8 Å². The van der Waals surface area contributed by atoms with E-state index in [9.17, 15) is 9.59 Å². The summed E-state index contributed by atoms with van der Waals surface area (Å²) in [6.45, 7) is 0.353. The Morgan fingerprint density at radius 3 is 3.07 bits per heavy atom. The molecule has 0 radical (unpaired) electrons. The predicted molar refractivity (Wildman–Crippen MR) is 50.2 cm³/mol. The number of unbranched alkanes of at least 4 members (excludes halogenated alkanes) is 1. The molecule has 0 saturated heterocycles. The molecule has 0 aromatic carbocycles. The van der Waals surface area contributed by atoms with Crippen molar-refractivity contribution in [3.8, 4) is 0 Å². The van der Waals surface area contributed by atoms with E-state index in [1.807, 2.05) is 6.40 Å². The topological polar surface area (TPSA) is 104 Å². The van der Waals surface area contributed by atoms with Gasteiger partial charge in [0.15, 0.2) is 5.78 Å². The lowest BCUT2D eigenvalue weighted by Gasteiger charge is -2.11. The van der Waals surface area contributed by atoms with Gasteiger partial charge in [0, 0.05) is 24.3 Å². The van der Waals surface area contributed by atoms with E-state index in [0.717, 1.165) is 0 Å². The van der Waals surface area contributed by atoms with Gasteiger partial charge in [0.1, 0.15) is 12.0 Å². The van der Waals surface area contributed by atoms with Crippen molar-refractivity contribution in [3.63, 3.8) is 0 Å². The van der Waals surface area contributed by atoms with Crippen molar-refractivity contribution in [2.75, 3.05) is 6.54 Å². The Bertz CT molecular complexity index is 333. The largest absolute Gasteiger partial charge is 0.570 e. The SMILES string of the molecule is [N-]=[N+]=NCCCCC(=O)C1O[C-]=NC1=O. The van der Waals surface area contributed by atoms with Gasteiger partial charge in [-0.25, -0.2) is 0 Å². The van der Waals surface area contributed by atoms with E-state index < -0.39 is 12.0 Å². The van der Waals surface area contributed by atoms with Crippen molar-refractivity contribution >= 4 is 18.1 Å². The van der Waals surface area contributed by atoms with Crippen LogP contribution in [0.25, 0.3) is 10.4 Å². The van der Waals surface area contributed by atoms with Crippen LogP contribution < -0.4 is 0 Å². The zero-order valence-corrected chi connectivity index (χ0v) is 7.92. The molecule has 0 aromatic rings. The number of hydrogen-bond donors (Lipinski definition) is 0. The van der Waals surface area contributed by atoms with Crippen LogP contribution in [0.3, 0.4) is 0 Å². The maximum absolute atomic E-state index is 11.3. The highest BCUT2D eigenvalue weighted by molar-refractivity contribution is 6.09. The smallest absolute Gasteiger partial charge is 0.162 e. The van der Waals surface area contributed by atoms with Crippen molar-refractivity contribution in [2.24, 2.45) is 10.1 Å². The summed E-state index contributed by atoms with van der Waals surface area (Å²) < 4.78 is 4.61. The summed E-state index contributed by atoms with van der Waals surface area (Å²) in [5, 5.41) is 3.32. The fraction of sp³-hybridized carbons (Fsp3) is 0.625. The first kappa shape index (κ1) is 11.2. The molecule has 7 nitrogen and oxygen atoms in total. The first-order valence-corrected chi connectivity index (χ1v) is 4.44. The summed E-state index contributed by atoms with van der Waals surface area (Å²) in [6.07, 6.45) is 2.28. The maximum atomic E-state index is 11.3. The van der Waals surface area contributed by atoms with E-state index in [1.165, 1.54) is 0 Å². The monoisotopic (exact) mass is 209 g/mol. The van der Waals surface area contributed by atoms with Crippen LogP contribution in [0.2, 0.25) is 0 Å². The first-order chi connectivity index (χ1) is 7.25. The van der Waals surface area contributed by atoms with Crippen LogP contribution >= 0.6 is 0 Å². The lowest BCUT2D eigenvalue weighted by molar-refractivity contribution is -0.134. The van der Waals surface area contributed by atoms with Gasteiger partial charge < -0.3 is 14.5 Å². The molecule has 0 aromatic heterocycles. The van der Waals surface area contributed by atoms with Crippen molar-refractivity contribution in [3.05, 3.63) is 10.4 Å². The highest BCUT2D eigenvalue weighted by Crippen LogP contribution is 2.08. The number of Topliss-reactive ketones (excluding diaryl/α,β-unsaturated/α-hetero) is 1. The number of ether oxygens (including phenoxy) is 1. The molecule has 1 atom stereocenters. The van der Waals surface area contributed by atoms with Crippen molar-refractivity contribution in [1.82, 2.24) is 0 Å². The van der Waals surface area contributed by atoms with Crippen LogP contribution in [0.1, 0.15) is 19.3 Å². The lowest BCUT2D eigenvalue weighted by Crippen LogP contribution is -2.27. The third-order valence-corrected chi connectivity index (χ3v) is 1.84. The zero-order valence-electron chi connectivity index (χ0n) is 7.92. The van der Waals surface area contributed by atoms with E-state index >= 15 is 0 Å². The van der Waals surface area contributed by atoms with E-state index in [0.29, 0.717) is 19.4 Å². The van der Waals surface area contributed by atoms with Crippen LogP contribution in [0.4, 0.5) is 0 Å². The Morgan fingerprint density at radius 2 is 2.47 bits per heavy atom. The van der Waals surface area contributed by atoms with Crippen LogP contribution in [-0.4, -0.2) is 30.7 Å². The lowest BCUT2D eigenvalue weighted by atomic mass is 10.1. The Kier molecular flexibility index (Phi) is 4.30. The van der Waals surface area contributed by atoms with Gasteiger partial charge in [-0.05, 0) is 18.4 Å². The van der Waals surface area contributed by atoms with Gasteiger partial charge in [-0.2, -0.15) is 0 Å². The fourth-order valence-electron chi connectivity index (χ4n) is 1.09. The molecule has 0 fully saturated rings. The molecule has 1 aliphatic heterocycles. The molecular weight excluding hydrogens is 200 g/mol. The van der Waals surface area contributed by atoms with Gasteiger partial charge in [0.25, 0.3) is 0 Å². The normalized spacial score (nSPS) is 18.4. The van der Waals surface area contributed by atoms with Crippen molar-refractivity contribution in [2.45, 2.75) is 25.4 Å². The minimum atomic E-state index is -1.11. The Morgan fingerprint density at radius 1 is 1.67 bits per heavy atom. The molecular formula is C8H9N4O3-. The number of hydrogen-bond acceptors (Lipinski definition) is 4. The minimum Gasteiger partial charge on any atom is -0.570 e. The first-order valence-electron chi connectivity index (χ1n) is 4.44. The van der Waals surface area contributed by atoms with Crippen LogP contribution in [0.15, 0.2) is 10.1 Å². The number of azide groups is 1. The summed E-state index contributed by atoms with van der Waals surface area (Å²) in [7, 11) is 0. The van der Waals surface area contributed by atoms with E-state index in [-0.39, 0.29) is 12.2 Å². The molecule has 15 heavy (non-hydrogen) atoms. The number of ketones is 1. The summed E-state index contributed by atoms with van der Waals surface area (Å²) in [5.74, 6) is -0.912. The number of aliphatic imine (C=N–C) groups is 1. The molecule has 0 N–H and O–H groups in total. The number of carbonyl (C=O) groups is 2. The third kappa shape index (κ3) is 3.40. The Balaban J connectivity index is 2.19. The average molecular weight is 209 g/mol. The molecule has 7 heteroatoms. The second-order valence-corrected chi connectivity index (χ2v) is 2.92. The minimum absolute atomic E-state index is 0.217. The van der Waals surface area contributed by atoms with Gasteiger partial charge in [-0.15, -0.1) is 0 Å². The Labute approximate surface area is 85.8 Å².